The number of alkyl halides is 3. The van der Waals surface area contributed by atoms with Crippen molar-refractivity contribution < 1.29 is 26.4 Å². The molecular formula is C8H11F3N4O3S. The summed E-state index contributed by atoms with van der Waals surface area (Å²) in [5.74, 6) is 0. The second-order valence-electron chi connectivity index (χ2n) is 3.38. The first-order valence-electron chi connectivity index (χ1n) is 5.17. The third-order valence-electron chi connectivity index (χ3n) is 2.25. The molecule has 1 aromatic rings. The molecule has 0 saturated carbocycles. The van der Waals surface area contributed by atoms with Crippen molar-refractivity contribution >= 4 is 15.9 Å². The number of amides is 1. The zero-order valence-corrected chi connectivity index (χ0v) is 10.9. The van der Waals surface area contributed by atoms with Crippen LogP contribution in [0.15, 0.2) is 11.5 Å². The summed E-state index contributed by atoms with van der Waals surface area (Å²) < 4.78 is 59.2. The zero-order valence-electron chi connectivity index (χ0n) is 10.0. The first kappa shape index (κ1) is 15.4. The van der Waals surface area contributed by atoms with Gasteiger partial charge in [0.05, 0.1) is 0 Å². The highest BCUT2D eigenvalue weighted by Gasteiger charge is 2.49. The molecule has 0 saturated heterocycles. The van der Waals surface area contributed by atoms with Gasteiger partial charge in [0.1, 0.15) is 6.33 Å². The fraction of sp³-hybridized carbons (Fsp3) is 0.625. The third-order valence-corrected chi connectivity index (χ3v) is 3.52. The number of carbonyl (C=O) groups is 1. The van der Waals surface area contributed by atoms with Gasteiger partial charge in [-0.2, -0.15) is 17.9 Å². The monoisotopic (exact) mass is 300 g/mol. The average Bonchev–Trinajstić information content (AvgIpc) is 2.78. The van der Waals surface area contributed by atoms with Crippen molar-refractivity contribution in [2.75, 3.05) is 13.1 Å². The quantitative estimate of drug-likeness (QED) is 0.827. The molecule has 0 aliphatic heterocycles. The van der Waals surface area contributed by atoms with E-state index in [9.17, 15) is 26.4 Å². The van der Waals surface area contributed by atoms with E-state index in [0.717, 1.165) is 0 Å². The van der Waals surface area contributed by atoms with Crippen LogP contribution in [0.5, 0.6) is 0 Å². The van der Waals surface area contributed by atoms with Gasteiger partial charge in [-0.1, -0.05) is 0 Å². The van der Waals surface area contributed by atoms with Crippen LogP contribution in [-0.4, -0.2) is 52.7 Å². The van der Waals surface area contributed by atoms with Crippen molar-refractivity contribution in [3.05, 3.63) is 6.33 Å². The van der Waals surface area contributed by atoms with Crippen molar-refractivity contribution in [2.24, 2.45) is 0 Å². The van der Waals surface area contributed by atoms with Gasteiger partial charge in [0.15, 0.2) is 0 Å². The molecule has 19 heavy (non-hydrogen) atoms. The van der Waals surface area contributed by atoms with Crippen LogP contribution < -0.4 is 0 Å². The third kappa shape index (κ3) is 2.85. The van der Waals surface area contributed by atoms with Crippen LogP contribution in [-0.2, 0) is 9.84 Å². The highest BCUT2D eigenvalue weighted by Crippen LogP contribution is 2.27. The summed E-state index contributed by atoms with van der Waals surface area (Å²) in [6.45, 7) is 3.92. The molecule has 7 nitrogen and oxygen atoms in total. The predicted octanol–water partition coefficient (Wildman–Crippen LogP) is 0.882. The number of nitrogens with zero attached hydrogens (tertiary/aromatic N) is 4. The van der Waals surface area contributed by atoms with E-state index in [-0.39, 0.29) is 0 Å². The Morgan fingerprint density at radius 2 is 1.89 bits per heavy atom. The summed E-state index contributed by atoms with van der Waals surface area (Å²) in [6, 6.07) is -0.749. The number of sulfone groups is 1. The van der Waals surface area contributed by atoms with E-state index in [1.807, 2.05) is 0 Å². The molecule has 0 N–H and O–H groups in total. The zero-order chi connectivity index (χ0) is 14.8. The lowest BCUT2D eigenvalue weighted by Crippen LogP contribution is -2.35. The van der Waals surface area contributed by atoms with Gasteiger partial charge < -0.3 is 4.90 Å². The molecule has 0 unspecified atom stereocenters. The van der Waals surface area contributed by atoms with Gasteiger partial charge in [-0.25, -0.2) is 18.2 Å². The Kier molecular flexibility index (Phi) is 4.18. The topological polar surface area (TPSA) is 85.2 Å². The number of hydrogen-bond acceptors (Lipinski definition) is 5. The van der Waals surface area contributed by atoms with E-state index >= 15 is 0 Å². The second kappa shape index (κ2) is 5.15. The van der Waals surface area contributed by atoms with Crippen LogP contribution in [0, 0.1) is 0 Å². The van der Waals surface area contributed by atoms with Gasteiger partial charge in [0.25, 0.3) is 5.16 Å². The van der Waals surface area contributed by atoms with E-state index in [1.54, 1.807) is 13.8 Å². The second-order valence-corrected chi connectivity index (χ2v) is 5.21. The van der Waals surface area contributed by atoms with Crippen molar-refractivity contribution in [1.29, 1.82) is 0 Å². The molecule has 1 amide bonds. The minimum Gasteiger partial charge on any atom is -0.323 e. The molecule has 0 radical (unpaired) electrons. The molecule has 0 fully saturated rings. The van der Waals surface area contributed by atoms with E-state index in [4.69, 9.17) is 0 Å². The smallest absolute Gasteiger partial charge is 0.323 e. The maximum absolute atomic E-state index is 12.2. The predicted molar refractivity (Wildman–Crippen MR) is 57.0 cm³/mol. The fourth-order valence-electron chi connectivity index (χ4n) is 1.21. The van der Waals surface area contributed by atoms with Gasteiger partial charge >= 0.3 is 21.4 Å². The molecule has 0 aliphatic carbocycles. The molecule has 1 aromatic heterocycles. The van der Waals surface area contributed by atoms with E-state index in [2.05, 4.69) is 10.1 Å². The lowest BCUT2D eigenvalue weighted by atomic mass is 10.5. The van der Waals surface area contributed by atoms with Crippen molar-refractivity contribution in [2.45, 2.75) is 24.5 Å². The summed E-state index contributed by atoms with van der Waals surface area (Å²) in [5.41, 5.74) is -5.50. The maximum Gasteiger partial charge on any atom is 0.505 e. The fourth-order valence-corrected chi connectivity index (χ4v) is 1.79. The first-order chi connectivity index (χ1) is 8.65. The number of hydrogen-bond donors (Lipinski definition) is 0. The molecule has 11 heteroatoms. The summed E-state index contributed by atoms with van der Waals surface area (Å²) in [4.78, 5) is 16.0. The minimum atomic E-state index is -5.64. The van der Waals surface area contributed by atoms with Crippen LogP contribution in [0.2, 0.25) is 0 Å². The van der Waals surface area contributed by atoms with Gasteiger partial charge in [0.2, 0.25) is 0 Å². The molecule has 0 aliphatic rings. The summed E-state index contributed by atoms with van der Waals surface area (Å²) in [7, 11) is -5.64. The van der Waals surface area contributed by atoms with Crippen LogP contribution in [0.4, 0.5) is 18.0 Å². The Hall–Kier alpha value is -1.65. The van der Waals surface area contributed by atoms with Gasteiger partial charge in [-0.05, 0) is 13.8 Å². The Morgan fingerprint density at radius 3 is 2.32 bits per heavy atom. The largest absolute Gasteiger partial charge is 0.505 e. The molecular weight excluding hydrogens is 289 g/mol. The van der Waals surface area contributed by atoms with E-state index < -0.39 is 26.5 Å². The summed E-state index contributed by atoms with van der Waals surface area (Å²) in [6.07, 6.45) is 0.638. The molecule has 0 aromatic carbocycles. The summed E-state index contributed by atoms with van der Waals surface area (Å²) in [5, 5.41) is 1.63. The lowest BCUT2D eigenvalue weighted by Gasteiger charge is -2.17. The minimum absolute atomic E-state index is 0.302. The van der Waals surface area contributed by atoms with Crippen molar-refractivity contribution in [3.8, 4) is 0 Å². The summed E-state index contributed by atoms with van der Waals surface area (Å²) >= 11 is 0. The number of halogens is 3. The van der Waals surface area contributed by atoms with Crippen LogP contribution in [0.25, 0.3) is 0 Å². The SMILES string of the molecule is CCN(CC)C(=O)n1cnc(S(=O)(=O)C(F)(F)F)n1. The molecule has 1 heterocycles. The molecule has 0 atom stereocenters. The molecule has 108 valence electrons. The standard InChI is InChI=1S/C8H11F3N4O3S/c1-3-14(4-2)7(16)15-5-12-6(13-15)19(17,18)8(9,10)11/h5H,3-4H2,1-2H3. The Bertz CT molecular complexity index is 562. The normalized spacial score (nSPS) is 12.5. The number of carbonyl (C=O) groups excluding carboxylic acids is 1. The molecule has 0 spiro atoms. The van der Waals surface area contributed by atoms with E-state index in [0.29, 0.717) is 24.1 Å². The average molecular weight is 300 g/mol. The van der Waals surface area contributed by atoms with Gasteiger partial charge in [0, 0.05) is 13.1 Å². The van der Waals surface area contributed by atoms with Crippen LogP contribution in [0.1, 0.15) is 13.8 Å². The van der Waals surface area contributed by atoms with Gasteiger partial charge in [-0.3, -0.25) is 0 Å². The van der Waals surface area contributed by atoms with Gasteiger partial charge in [-0.15, -0.1) is 5.10 Å². The Balaban J connectivity index is 3.12. The van der Waals surface area contributed by atoms with Crippen molar-refractivity contribution in [1.82, 2.24) is 19.7 Å². The van der Waals surface area contributed by atoms with Crippen molar-refractivity contribution in [3.63, 3.8) is 0 Å². The lowest BCUT2D eigenvalue weighted by molar-refractivity contribution is -0.0440. The Morgan fingerprint density at radius 1 is 1.37 bits per heavy atom. The number of rotatable bonds is 3. The Labute approximate surface area is 106 Å². The molecule has 1 rings (SSSR count). The number of aromatic nitrogens is 3. The van der Waals surface area contributed by atoms with E-state index in [1.165, 1.54) is 4.90 Å². The highest BCUT2D eigenvalue weighted by atomic mass is 32.2. The van der Waals surface area contributed by atoms with Crippen LogP contribution >= 0.6 is 0 Å². The highest BCUT2D eigenvalue weighted by molar-refractivity contribution is 7.92. The van der Waals surface area contributed by atoms with Crippen LogP contribution in [0.3, 0.4) is 0 Å². The first-order valence-corrected chi connectivity index (χ1v) is 6.65. The maximum atomic E-state index is 12.2. The molecule has 0 bridgehead atoms.